The van der Waals surface area contributed by atoms with Crippen molar-refractivity contribution < 1.29 is 9.72 Å². The van der Waals surface area contributed by atoms with Crippen LogP contribution in [0.15, 0.2) is 41.9 Å². The number of amides is 1. The maximum absolute atomic E-state index is 12.2. The van der Waals surface area contributed by atoms with Crippen molar-refractivity contribution in [3.05, 3.63) is 57.7 Å². The van der Waals surface area contributed by atoms with E-state index in [-0.39, 0.29) is 11.6 Å². The molecule has 0 saturated carbocycles. The Labute approximate surface area is 140 Å². The smallest absolute Gasteiger partial charge is 0.275 e. The van der Waals surface area contributed by atoms with E-state index in [1.807, 2.05) is 6.92 Å². The van der Waals surface area contributed by atoms with E-state index in [9.17, 15) is 14.9 Å². The summed E-state index contributed by atoms with van der Waals surface area (Å²) in [7, 11) is 0. The molecule has 0 saturated heterocycles. The van der Waals surface area contributed by atoms with Crippen LogP contribution in [0, 0.1) is 10.1 Å². The van der Waals surface area contributed by atoms with Gasteiger partial charge in [-0.3, -0.25) is 24.9 Å². The number of benzene rings is 1. The summed E-state index contributed by atoms with van der Waals surface area (Å²) in [4.78, 5) is 26.8. The lowest BCUT2D eigenvalue weighted by Crippen LogP contribution is -2.17. The van der Waals surface area contributed by atoms with E-state index in [0.29, 0.717) is 23.1 Å². The summed E-state index contributed by atoms with van der Waals surface area (Å²) in [5.74, 6) is -0.279. The molecule has 1 amide bonds. The molecule has 0 aliphatic rings. The topological polar surface area (TPSA) is 103 Å². The van der Waals surface area contributed by atoms with Crippen molar-refractivity contribution in [2.45, 2.75) is 13.5 Å². The van der Waals surface area contributed by atoms with Crippen molar-refractivity contribution in [2.75, 3.05) is 5.32 Å². The van der Waals surface area contributed by atoms with Crippen LogP contribution in [-0.2, 0) is 6.54 Å². The fourth-order valence-electron chi connectivity index (χ4n) is 2.16. The predicted octanol–water partition coefficient (Wildman–Crippen LogP) is 3.19. The van der Waals surface area contributed by atoms with Gasteiger partial charge in [-0.05, 0) is 25.1 Å². The standard InChI is InChI=1S/C15H13N5O3S/c1-2-19-13(7-8-16-19)14(21)18-15-17-12(9-24-15)10-3-5-11(6-4-10)20(22)23/h3-9H,2H2,1H3,(H,17,18,21). The van der Waals surface area contributed by atoms with Gasteiger partial charge >= 0.3 is 0 Å². The molecule has 9 heteroatoms. The van der Waals surface area contributed by atoms with E-state index in [1.165, 1.54) is 23.5 Å². The number of hydrogen-bond donors (Lipinski definition) is 1. The number of rotatable bonds is 5. The first kappa shape index (κ1) is 15.8. The zero-order chi connectivity index (χ0) is 17.1. The molecule has 0 unspecified atom stereocenters. The van der Waals surface area contributed by atoms with Gasteiger partial charge in [-0.2, -0.15) is 5.10 Å². The number of carbonyl (C=O) groups is 1. The van der Waals surface area contributed by atoms with Gasteiger partial charge in [-0.1, -0.05) is 0 Å². The van der Waals surface area contributed by atoms with Gasteiger partial charge in [0.05, 0.1) is 10.6 Å². The summed E-state index contributed by atoms with van der Waals surface area (Å²) >= 11 is 1.29. The molecular weight excluding hydrogens is 330 g/mol. The number of thiazole rings is 1. The van der Waals surface area contributed by atoms with Crippen LogP contribution in [0.5, 0.6) is 0 Å². The van der Waals surface area contributed by atoms with E-state index in [1.54, 1.807) is 34.5 Å². The Bertz CT molecular complexity index is 885. The molecule has 2 aromatic heterocycles. The van der Waals surface area contributed by atoms with E-state index in [0.717, 1.165) is 5.56 Å². The minimum Gasteiger partial charge on any atom is -0.296 e. The minimum atomic E-state index is -0.451. The molecule has 2 heterocycles. The highest BCUT2D eigenvalue weighted by molar-refractivity contribution is 7.14. The maximum Gasteiger partial charge on any atom is 0.275 e. The van der Waals surface area contributed by atoms with Crippen molar-refractivity contribution >= 4 is 28.1 Å². The molecule has 0 radical (unpaired) electrons. The Morgan fingerprint density at radius 1 is 1.33 bits per heavy atom. The molecule has 0 atom stereocenters. The van der Waals surface area contributed by atoms with Crippen LogP contribution in [0.2, 0.25) is 0 Å². The number of nitro groups is 1. The molecule has 3 aromatic rings. The highest BCUT2D eigenvalue weighted by Gasteiger charge is 2.14. The van der Waals surface area contributed by atoms with E-state index in [2.05, 4.69) is 15.4 Å². The predicted molar refractivity (Wildman–Crippen MR) is 90.1 cm³/mol. The SMILES string of the molecule is CCn1nccc1C(=O)Nc1nc(-c2ccc([N+](=O)[O-])cc2)cs1. The average molecular weight is 343 g/mol. The summed E-state index contributed by atoms with van der Waals surface area (Å²) in [5, 5.41) is 19.7. The third-order valence-corrected chi connectivity index (χ3v) is 4.10. The van der Waals surface area contributed by atoms with Gasteiger partial charge in [0.1, 0.15) is 5.69 Å². The molecular formula is C15H13N5O3S. The first-order valence-electron chi connectivity index (χ1n) is 7.12. The van der Waals surface area contributed by atoms with Crippen LogP contribution in [0.25, 0.3) is 11.3 Å². The second kappa shape index (κ2) is 6.59. The first-order valence-corrected chi connectivity index (χ1v) is 8.00. The van der Waals surface area contributed by atoms with Crippen molar-refractivity contribution in [2.24, 2.45) is 0 Å². The van der Waals surface area contributed by atoms with E-state index >= 15 is 0 Å². The highest BCUT2D eigenvalue weighted by atomic mass is 32.1. The van der Waals surface area contributed by atoms with Crippen molar-refractivity contribution in [1.82, 2.24) is 14.8 Å². The summed E-state index contributed by atoms with van der Waals surface area (Å²) in [6, 6.07) is 7.75. The van der Waals surface area contributed by atoms with E-state index in [4.69, 9.17) is 0 Å². The quantitative estimate of drug-likeness (QED) is 0.566. The van der Waals surface area contributed by atoms with Gasteiger partial charge in [0.25, 0.3) is 11.6 Å². The number of hydrogen-bond acceptors (Lipinski definition) is 6. The number of nitrogens with zero attached hydrogens (tertiary/aromatic N) is 4. The Balaban J connectivity index is 1.76. The van der Waals surface area contributed by atoms with Crippen LogP contribution < -0.4 is 5.32 Å². The summed E-state index contributed by atoms with van der Waals surface area (Å²) in [6.45, 7) is 2.50. The Hall–Kier alpha value is -3.07. The molecule has 1 aromatic carbocycles. The Kier molecular flexibility index (Phi) is 4.34. The lowest BCUT2D eigenvalue weighted by Gasteiger charge is -2.03. The number of aryl methyl sites for hydroxylation is 1. The molecule has 0 aliphatic heterocycles. The van der Waals surface area contributed by atoms with Gasteiger partial charge in [0, 0.05) is 35.8 Å². The van der Waals surface area contributed by atoms with Crippen molar-refractivity contribution in [1.29, 1.82) is 0 Å². The van der Waals surface area contributed by atoms with Crippen molar-refractivity contribution in [3.8, 4) is 11.3 Å². The zero-order valence-electron chi connectivity index (χ0n) is 12.7. The van der Waals surface area contributed by atoms with Crippen LogP contribution in [0.3, 0.4) is 0 Å². The monoisotopic (exact) mass is 343 g/mol. The lowest BCUT2D eigenvalue weighted by atomic mass is 10.1. The van der Waals surface area contributed by atoms with Gasteiger partial charge < -0.3 is 0 Å². The van der Waals surface area contributed by atoms with Gasteiger partial charge in [-0.15, -0.1) is 11.3 Å². The maximum atomic E-state index is 12.2. The van der Waals surface area contributed by atoms with Gasteiger partial charge in [0.2, 0.25) is 0 Å². The number of aromatic nitrogens is 3. The second-order valence-corrected chi connectivity index (χ2v) is 5.69. The number of non-ortho nitro benzene ring substituents is 1. The average Bonchev–Trinajstić information content (AvgIpc) is 3.23. The van der Waals surface area contributed by atoms with Crippen LogP contribution in [-0.4, -0.2) is 25.6 Å². The third-order valence-electron chi connectivity index (χ3n) is 3.35. The normalized spacial score (nSPS) is 10.5. The molecule has 8 nitrogen and oxygen atoms in total. The summed E-state index contributed by atoms with van der Waals surface area (Å²) < 4.78 is 1.60. The van der Waals surface area contributed by atoms with Crippen LogP contribution >= 0.6 is 11.3 Å². The molecule has 3 rings (SSSR count). The largest absolute Gasteiger partial charge is 0.296 e. The molecule has 0 spiro atoms. The number of carbonyl (C=O) groups excluding carboxylic acids is 1. The third kappa shape index (κ3) is 3.15. The number of nitro benzene ring substituents is 1. The second-order valence-electron chi connectivity index (χ2n) is 4.83. The lowest BCUT2D eigenvalue weighted by molar-refractivity contribution is -0.384. The molecule has 24 heavy (non-hydrogen) atoms. The van der Waals surface area contributed by atoms with Crippen LogP contribution in [0.4, 0.5) is 10.8 Å². The van der Waals surface area contributed by atoms with Gasteiger partial charge in [-0.25, -0.2) is 4.98 Å². The molecule has 122 valence electrons. The summed E-state index contributed by atoms with van der Waals surface area (Å²) in [6.07, 6.45) is 1.57. The van der Waals surface area contributed by atoms with Crippen molar-refractivity contribution in [3.63, 3.8) is 0 Å². The molecule has 0 bridgehead atoms. The van der Waals surface area contributed by atoms with Gasteiger partial charge in [0.15, 0.2) is 5.13 Å². The minimum absolute atomic E-state index is 0.0235. The summed E-state index contributed by atoms with van der Waals surface area (Å²) in [5.41, 5.74) is 1.88. The Morgan fingerprint density at radius 2 is 2.08 bits per heavy atom. The molecule has 0 aliphatic carbocycles. The Morgan fingerprint density at radius 3 is 2.75 bits per heavy atom. The fraction of sp³-hybridized carbons (Fsp3) is 0.133. The zero-order valence-corrected chi connectivity index (χ0v) is 13.5. The number of nitrogens with one attached hydrogen (secondary N) is 1. The fourth-order valence-corrected chi connectivity index (χ4v) is 2.87. The highest BCUT2D eigenvalue weighted by Crippen LogP contribution is 2.26. The van der Waals surface area contributed by atoms with E-state index < -0.39 is 4.92 Å². The molecule has 0 fully saturated rings. The molecule has 1 N–H and O–H groups in total. The first-order chi connectivity index (χ1) is 11.6. The van der Waals surface area contributed by atoms with Crippen LogP contribution in [0.1, 0.15) is 17.4 Å². The number of anilines is 1.